The summed E-state index contributed by atoms with van der Waals surface area (Å²) in [6.07, 6.45) is 0.990. The van der Waals surface area contributed by atoms with Crippen LogP contribution < -0.4 is 16.4 Å². The molecule has 0 aliphatic heterocycles. The van der Waals surface area contributed by atoms with Crippen LogP contribution in [0.1, 0.15) is 21.5 Å². The van der Waals surface area contributed by atoms with Gasteiger partial charge >= 0.3 is 11.7 Å². The molecule has 3 N–H and O–H groups in total. The maximum absolute atomic E-state index is 12.1. The van der Waals surface area contributed by atoms with Crippen molar-refractivity contribution in [1.29, 1.82) is 0 Å². The summed E-state index contributed by atoms with van der Waals surface area (Å²) in [6, 6.07) is 10.0. The van der Waals surface area contributed by atoms with E-state index in [1.807, 2.05) is 6.92 Å². The Kier molecular flexibility index (Phi) is 4.82. The van der Waals surface area contributed by atoms with Gasteiger partial charge in [0.15, 0.2) is 0 Å². The minimum absolute atomic E-state index is 0.0869. The summed E-state index contributed by atoms with van der Waals surface area (Å²) >= 11 is 0. The lowest BCUT2D eigenvalue weighted by molar-refractivity contribution is -0.268. The van der Waals surface area contributed by atoms with Crippen LogP contribution in [0, 0.1) is 6.92 Å². The molecular weight excluding hydrogens is 366 g/mol. The average molecular weight is 380 g/mol. The minimum atomic E-state index is -1.41. The van der Waals surface area contributed by atoms with Crippen LogP contribution in [0.25, 0.3) is 5.69 Å². The summed E-state index contributed by atoms with van der Waals surface area (Å²) in [5, 5.41) is 30.9. The van der Waals surface area contributed by atoms with E-state index in [0.29, 0.717) is 5.69 Å². The van der Waals surface area contributed by atoms with Crippen LogP contribution in [0.5, 0.6) is 11.6 Å². The zero-order valence-electron chi connectivity index (χ0n) is 14.5. The number of hydrogen-bond donors (Lipinski definition) is 3. The third kappa shape index (κ3) is 3.54. The zero-order chi connectivity index (χ0) is 20.4. The summed E-state index contributed by atoms with van der Waals surface area (Å²) in [5.74, 6) is -2.71. The first-order valence-electron chi connectivity index (χ1n) is 8.01. The van der Waals surface area contributed by atoms with Gasteiger partial charge in [-0.05, 0) is 31.2 Å². The lowest BCUT2D eigenvalue weighted by atomic mass is 10.2. The van der Waals surface area contributed by atoms with Crippen LogP contribution in [0.4, 0.5) is 5.69 Å². The second-order valence-corrected chi connectivity index (χ2v) is 5.91. The fraction of sp³-hybridized carbons (Fsp3) is 0.0526. The van der Waals surface area contributed by atoms with Crippen LogP contribution in [-0.4, -0.2) is 31.9 Å². The number of aryl methyl sites for hydroxylation is 1. The second-order valence-electron chi connectivity index (χ2n) is 5.91. The Hall–Kier alpha value is -4.14. The lowest BCUT2D eigenvalue weighted by Gasteiger charge is -2.10. The van der Waals surface area contributed by atoms with E-state index >= 15 is 0 Å². The predicted molar refractivity (Wildman–Crippen MR) is 99.2 cm³/mol. The molecule has 0 atom stereocenters. The van der Waals surface area contributed by atoms with Crippen molar-refractivity contribution in [3.8, 4) is 17.3 Å². The molecule has 1 heterocycles. The van der Waals surface area contributed by atoms with E-state index in [2.05, 4.69) is 9.98 Å². The van der Waals surface area contributed by atoms with Gasteiger partial charge in [-0.3, -0.25) is 14.8 Å². The highest BCUT2D eigenvalue weighted by Gasteiger charge is 2.14. The number of aliphatic imine (C=N–C) groups is 1. The van der Waals surface area contributed by atoms with Gasteiger partial charge in [0.1, 0.15) is 5.56 Å². The average Bonchev–Trinajstić information content (AvgIpc) is 2.63. The normalized spacial score (nSPS) is 11.0. The van der Waals surface area contributed by atoms with Crippen molar-refractivity contribution in [2.75, 3.05) is 0 Å². The molecule has 0 spiro atoms. The Balaban J connectivity index is 2.09. The van der Waals surface area contributed by atoms with Crippen LogP contribution in [0.3, 0.4) is 0 Å². The third-order valence-corrected chi connectivity index (χ3v) is 3.95. The summed E-state index contributed by atoms with van der Waals surface area (Å²) < 4.78 is 0.908. The molecule has 0 aliphatic carbocycles. The number of carbonyl (C=O) groups is 1. The van der Waals surface area contributed by atoms with Gasteiger partial charge in [0.2, 0.25) is 5.88 Å². The maximum atomic E-state index is 12.1. The summed E-state index contributed by atoms with van der Waals surface area (Å²) in [6.45, 7) is 1.86. The first-order chi connectivity index (χ1) is 13.3. The Labute approximate surface area is 157 Å². The van der Waals surface area contributed by atoms with Crippen LogP contribution in [0.15, 0.2) is 57.0 Å². The number of aromatic hydroxyl groups is 1. The molecule has 142 valence electrons. The number of aromatic carboxylic acids is 1. The number of nitrogens with zero attached hydrogens (tertiary/aromatic N) is 2. The molecular formula is C19H14N3O6-. The number of carboxylic acid groups (broad SMARTS) is 1. The van der Waals surface area contributed by atoms with Gasteiger partial charge in [-0.25, -0.2) is 14.2 Å². The van der Waals surface area contributed by atoms with E-state index in [9.17, 15) is 24.6 Å². The van der Waals surface area contributed by atoms with Crippen molar-refractivity contribution >= 4 is 17.9 Å². The number of benzene rings is 2. The van der Waals surface area contributed by atoms with Gasteiger partial charge in [-0.15, -0.1) is 0 Å². The van der Waals surface area contributed by atoms with E-state index in [1.165, 1.54) is 6.07 Å². The van der Waals surface area contributed by atoms with E-state index in [0.717, 1.165) is 28.5 Å². The van der Waals surface area contributed by atoms with Gasteiger partial charge in [-0.1, -0.05) is 29.5 Å². The summed E-state index contributed by atoms with van der Waals surface area (Å²) in [7, 11) is 0. The Morgan fingerprint density at radius 1 is 1.18 bits per heavy atom. The standard InChI is InChI=1S/C19H15N3O6/c1-10-2-5-12(6-3-10)22-17(25)14(16(24)21-19(22)28)9-20-11-4-7-15(23)13(8-11)18(26)27/h2-9,23,25H,1H3,(H,26,27)(H,21,24,28)/p-1. The van der Waals surface area contributed by atoms with E-state index in [4.69, 9.17) is 5.11 Å². The third-order valence-electron chi connectivity index (χ3n) is 3.95. The Morgan fingerprint density at radius 3 is 2.50 bits per heavy atom. The van der Waals surface area contributed by atoms with Crippen molar-refractivity contribution in [2.45, 2.75) is 6.92 Å². The molecule has 0 radical (unpaired) electrons. The smallest absolute Gasteiger partial charge is 0.335 e. The molecule has 0 bridgehead atoms. The fourth-order valence-electron chi connectivity index (χ4n) is 2.49. The molecule has 9 nitrogen and oxygen atoms in total. The maximum Gasteiger partial charge on any atom is 0.335 e. The first kappa shape index (κ1) is 18.6. The quantitative estimate of drug-likeness (QED) is 0.577. The van der Waals surface area contributed by atoms with Crippen molar-refractivity contribution < 1.29 is 20.1 Å². The minimum Gasteiger partial charge on any atom is -0.872 e. The highest BCUT2D eigenvalue weighted by atomic mass is 16.4. The van der Waals surface area contributed by atoms with E-state index < -0.39 is 34.4 Å². The van der Waals surface area contributed by atoms with Crippen LogP contribution >= 0.6 is 0 Å². The Morgan fingerprint density at radius 2 is 1.86 bits per heavy atom. The van der Waals surface area contributed by atoms with Crippen molar-refractivity contribution in [3.05, 3.63) is 80.0 Å². The Bertz CT molecular complexity index is 1210. The zero-order valence-corrected chi connectivity index (χ0v) is 14.5. The predicted octanol–water partition coefficient (Wildman–Crippen LogP) is 1.06. The highest BCUT2D eigenvalue weighted by Crippen LogP contribution is 2.22. The monoisotopic (exact) mass is 380 g/mol. The molecule has 0 amide bonds. The molecule has 0 saturated carbocycles. The van der Waals surface area contributed by atoms with Crippen molar-refractivity contribution in [2.24, 2.45) is 4.99 Å². The lowest BCUT2D eigenvalue weighted by Crippen LogP contribution is -2.31. The molecule has 2 aromatic carbocycles. The fourth-order valence-corrected chi connectivity index (χ4v) is 2.49. The molecule has 0 aliphatic rings. The molecule has 9 heteroatoms. The van der Waals surface area contributed by atoms with E-state index in [1.54, 1.807) is 24.3 Å². The molecule has 28 heavy (non-hydrogen) atoms. The number of aromatic nitrogens is 2. The number of aromatic amines is 1. The summed E-state index contributed by atoms with van der Waals surface area (Å²) in [5.41, 5.74) is -1.10. The number of H-pyrrole nitrogens is 1. The largest absolute Gasteiger partial charge is 0.872 e. The molecule has 3 rings (SSSR count). The topological polar surface area (TPSA) is 148 Å². The summed E-state index contributed by atoms with van der Waals surface area (Å²) in [4.78, 5) is 41.3. The molecule has 3 aromatic rings. The molecule has 1 aromatic heterocycles. The molecule has 0 unspecified atom stereocenters. The van der Waals surface area contributed by atoms with E-state index in [-0.39, 0.29) is 11.3 Å². The SMILES string of the molecule is Cc1ccc(-n2c(O)c(C=Nc3ccc([O-])c(C(=O)O)c3)c(=O)[nH]c2=O)cc1. The number of nitrogens with one attached hydrogen (secondary N) is 1. The molecule has 0 fully saturated rings. The number of hydrogen-bond acceptors (Lipinski definition) is 6. The van der Waals surface area contributed by atoms with Crippen molar-refractivity contribution in [3.63, 3.8) is 0 Å². The molecule has 0 saturated heterocycles. The van der Waals surface area contributed by atoms with Gasteiger partial charge in [-0.2, -0.15) is 0 Å². The number of carboxylic acids is 1. The van der Waals surface area contributed by atoms with Gasteiger partial charge < -0.3 is 15.3 Å². The van der Waals surface area contributed by atoms with Crippen LogP contribution in [0.2, 0.25) is 0 Å². The van der Waals surface area contributed by atoms with Crippen molar-refractivity contribution in [1.82, 2.24) is 9.55 Å². The first-order valence-corrected chi connectivity index (χ1v) is 8.01. The highest BCUT2D eigenvalue weighted by molar-refractivity contribution is 5.92. The van der Waals surface area contributed by atoms with Crippen LogP contribution in [-0.2, 0) is 0 Å². The van der Waals surface area contributed by atoms with Gasteiger partial charge in [0.05, 0.1) is 16.9 Å². The number of rotatable bonds is 4. The van der Waals surface area contributed by atoms with Gasteiger partial charge in [0, 0.05) is 6.21 Å². The van der Waals surface area contributed by atoms with Gasteiger partial charge in [0.25, 0.3) is 5.56 Å². The second kappa shape index (κ2) is 7.23.